The number of hydrogen-bond acceptors (Lipinski definition) is 2. The van der Waals surface area contributed by atoms with Gasteiger partial charge in [0, 0.05) is 10.5 Å². The fourth-order valence-electron chi connectivity index (χ4n) is 2.59. The van der Waals surface area contributed by atoms with Crippen LogP contribution in [0.1, 0.15) is 76.3 Å². The summed E-state index contributed by atoms with van der Waals surface area (Å²) in [4.78, 5) is 0. The Morgan fingerprint density at radius 1 is 1.05 bits per heavy atom. The molecule has 21 heavy (non-hydrogen) atoms. The Kier molecular flexibility index (Phi) is 9.77. The van der Waals surface area contributed by atoms with Crippen molar-refractivity contribution in [3.05, 3.63) is 28.2 Å². The Balaban J connectivity index is 2.23. The molecule has 0 spiro atoms. The van der Waals surface area contributed by atoms with Gasteiger partial charge in [0.15, 0.2) is 0 Å². The molecule has 1 unspecified atom stereocenters. The van der Waals surface area contributed by atoms with Crippen molar-refractivity contribution in [2.45, 2.75) is 70.8 Å². The summed E-state index contributed by atoms with van der Waals surface area (Å²) in [5.74, 6) is 0.875. The Bertz CT molecular complexity index is 395. The molecule has 0 saturated carbocycles. The third kappa shape index (κ3) is 7.32. The van der Waals surface area contributed by atoms with Gasteiger partial charge in [-0.3, -0.25) is 0 Å². The average Bonchev–Trinajstić information content (AvgIpc) is 2.50. The van der Waals surface area contributed by atoms with Crippen molar-refractivity contribution in [2.24, 2.45) is 5.73 Å². The Morgan fingerprint density at radius 2 is 1.67 bits per heavy atom. The van der Waals surface area contributed by atoms with Crippen molar-refractivity contribution in [1.29, 1.82) is 0 Å². The molecule has 0 aliphatic heterocycles. The van der Waals surface area contributed by atoms with E-state index in [-0.39, 0.29) is 6.04 Å². The largest absolute Gasteiger partial charge is 0.497 e. The van der Waals surface area contributed by atoms with Crippen LogP contribution in [0.15, 0.2) is 22.7 Å². The van der Waals surface area contributed by atoms with Gasteiger partial charge in [0.05, 0.1) is 7.11 Å². The third-order valence-electron chi connectivity index (χ3n) is 3.97. The maximum atomic E-state index is 6.31. The molecule has 1 atom stereocenters. The maximum Gasteiger partial charge on any atom is 0.119 e. The average molecular weight is 356 g/mol. The molecule has 2 nitrogen and oxygen atoms in total. The van der Waals surface area contributed by atoms with E-state index in [4.69, 9.17) is 10.5 Å². The molecule has 0 bridgehead atoms. The first-order valence-corrected chi connectivity index (χ1v) is 9.07. The summed E-state index contributed by atoms with van der Waals surface area (Å²) in [6, 6.07) is 6.10. The first-order valence-electron chi connectivity index (χ1n) is 8.28. The van der Waals surface area contributed by atoms with Crippen molar-refractivity contribution in [2.75, 3.05) is 7.11 Å². The molecule has 2 N–H and O–H groups in total. The van der Waals surface area contributed by atoms with Crippen LogP contribution in [0.2, 0.25) is 0 Å². The Labute approximate surface area is 138 Å². The molecule has 1 aromatic rings. The minimum absolute atomic E-state index is 0.0922. The predicted octanol–water partition coefficient (Wildman–Crippen LogP) is 5.99. The number of nitrogens with two attached hydrogens (primary N) is 1. The normalized spacial score (nSPS) is 12.4. The smallest absolute Gasteiger partial charge is 0.119 e. The zero-order valence-corrected chi connectivity index (χ0v) is 15.1. The third-order valence-corrected chi connectivity index (χ3v) is 4.69. The van der Waals surface area contributed by atoms with Gasteiger partial charge in [0.2, 0.25) is 0 Å². The molecular formula is C18H30BrNO. The second-order valence-corrected chi connectivity index (χ2v) is 6.61. The van der Waals surface area contributed by atoms with E-state index < -0.39 is 0 Å². The quantitative estimate of drug-likeness (QED) is 0.494. The van der Waals surface area contributed by atoms with Crippen LogP contribution in [0.25, 0.3) is 0 Å². The van der Waals surface area contributed by atoms with Crippen LogP contribution in [0.5, 0.6) is 5.75 Å². The van der Waals surface area contributed by atoms with Crippen LogP contribution in [0.4, 0.5) is 0 Å². The van der Waals surface area contributed by atoms with Gasteiger partial charge < -0.3 is 10.5 Å². The summed E-state index contributed by atoms with van der Waals surface area (Å²) in [7, 11) is 1.69. The molecule has 0 fully saturated rings. The minimum Gasteiger partial charge on any atom is -0.497 e. The van der Waals surface area contributed by atoms with E-state index >= 15 is 0 Å². The summed E-state index contributed by atoms with van der Waals surface area (Å²) < 4.78 is 6.35. The lowest BCUT2D eigenvalue weighted by molar-refractivity contribution is 0.413. The van der Waals surface area contributed by atoms with Gasteiger partial charge >= 0.3 is 0 Å². The predicted molar refractivity (Wildman–Crippen MR) is 94.8 cm³/mol. The molecule has 120 valence electrons. The zero-order chi connectivity index (χ0) is 15.5. The molecule has 0 aliphatic carbocycles. The van der Waals surface area contributed by atoms with E-state index in [0.29, 0.717) is 0 Å². The van der Waals surface area contributed by atoms with E-state index in [1.54, 1.807) is 7.11 Å². The van der Waals surface area contributed by atoms with Gasteiger partial charge in [0.25, 0.3) is 0 Å². The van der Waals surface area contributed by atoms with Gasteiger partial charge in [-0.05, 0) is 30.2 Å². The molecule has 0 aliphatic rings. The number of ether oxygens (including phenoxy) is 1. The van der Waals surface area contributed by atoms with E-state index in [1.165, 1.54) is 51.4 Å². The number of halogens is 1. The molecular weight excluding hydrogens is 326 g/mol. The van der Waals surface area contributed by atoms with E-state index in [1.807, 2.05) is 18.2 Å². The lowest BCUT2D eigenvalue weighted by Crippen LogP contribution is -2.11. The zero-order valence-electron chi connectivity index (χ0n) is 13.5. The first kappa shape index (κ1) is 18.5. The Hall–Kier alpha value is -0.540. The van der Waals surface area contributed by atoms with Gasteiger partial charge in [-0.25, -0.2) is 0 Å². The SMILES string of the molecule is CCCCCCCCCCC(N)c1cc(OC)ccc1Br. The van der Waals surface area contributed by atoms with Gasteiger partial charge in [-0.15, -0.1) is 0 Å². The number of methoxy groups -OCH3 is 1. The van der Waals surface area contributed by atoms with Crippen LogP contribution in [0.3, 0.4) is 0 Å². The van der Waals surface area contributed by atoms with Crippen molar-refractivity contribution in [3.8, 4) is 5.75 Å². The van der Waals surface area contributed by atoms with Gasteiger partial charge in [0.1, 0.15) is 5.75 Å². The van der Waals surface area contributed by atoms with Crippen LogP contribution < -0.4 is 10.5 Å². The van der Waals surface area contributed by atoms with Crippen LogP contribution >= 0.6 is 15.9 Å². The van der Waals surface area contributed by atoms with Crippen LogP contribution in [0, 0.1) is 0 Å². The highest BCUT2D eigenvalue weighted by molar-refractivity contribution is 9.10. The number of rotatable bonds is 11. The molecule has 0 amide bonds. The molecule has 0 saturated heterocycles. The standard InChI is InChI=1S/C18H30BrNO/c1-3-4-5-6-7-8-9-10-11-18(20)16-14-15(21-2)12-13-17(16)19/h12-14,18H,3-11,20H2,1-2H3. The summed E-state index contributed by atoms with van der Waals surface area (Å²) in [6.07, 6.45) is 11.8. The van der Waals surface area contributed by atoms with Gasteiger partial charge in [-0.1, -0.05) is 74.2 Å². The molecule has 0 aromatic heterocycles. The van der Waals surface area contributed by atoms with E-state index in [0.717, 1.165) is 22.2 Å². The van der Waals surface area contributed by atoms with Crippen molar-refractivity contribution in [3.63, 3.8) is 0 Å². The van der Waals surface area contributed by atoms with Crippen LogP contribution in [-0.2, 0) is 0 Å². The lowest BCUT2D eigenvalue weighted by Gasteiger charge is -2.15. The number of hydrogen-bond donors (Lipinski definition) is 1. The van der Waals surface area contributed by atoms with Crippen molar-refractivity contribution >= 4 is 15.9 Å². The summed E-state index contributed by atoms with van der Waals surface area (Å²) in [5.41, 5.74) is 7.46. The fraction of sp³-hybridized carbons (Fsp3) is 0.667. The minimum atomic E-state index is 0.0922. The molecule has 0 radical (unpaired) electrons. The summed E-state index contributed by atoms with van der Waals surface area (Å²) >= 11 is 3.58. The summed E-state index contributed by atoms with van der Waals surface area (Å²) in [6.45, 7) is 2.26. The fourth-order valence-corrected chi connectivity index (χ4v) is 3.13. The second kappa shape index (κ2) is 11.1. The monoisotopic (exact) mass is 355 g/mol. The lowest BCUT2D eigenvalue weighted by atomic mass is 10.00. The summed E-state index contributed by atoms with van der Waals surface area (Å²) in [5, 5.41) is 0. The molecule has 1 rings (SSSR count). The maximum absolute atomic E-state index is 6.31. The topological polar surface area (TPSA) is 35.2 Å². The highest BCUT2D eigenvalue weighted by atomic mass is 79.9. The number of benzene rings is 1. The van der Waals surface area contributed by atoms with E-state index in [9.17, 15) is 0 Å². The number of unbranched alkanes of at least 4 members (excludes halogenated alkanes) is 7. The highest BCUT2D eigenvalue weighted by Gasteiger charge is 2.10. The van der Waals surface area contributed by atoms with Gasteiger partial charge in [-0.2, -0.15) is 0 Å². The molecule has 3 heteroatoms. The highest BCUT2D eigenvalue weighted by Crippen LogP contribution is 2.29. The Morgan fingerprint density at radius 3 is 2.29 bits per heavy atom. The second-order valence-electron chi connectivity index (χ2n) is 5.76. The van der Waals surface area contributed by atoms with E-state index in [2.05, 4.69) is 22.9 Å². The molecule has 1 aromatic carbocycles. The first-order chi connectivity index (χ1) is 10.2. The van der Waals surface area contributed by atoms with Crippen LogP contribution in [-0.4, -0.2) is 7.11 Å². The van der Waals surface area contributed by atoms with Crippen molar-refractivity contribution in [1.82, 2.24) is 0 Å². The molecule has 0 heterocycles. The van der Waals surface area contributed by atoms with Crippen molar-refractivity contribution < 1.29 is 4.74 Å².